The Balaban J connectivity index is 1.27. The molecule has 2 aliphatic rings. The lowest BCUT2D eigenvalue weighted by molar-refractivity contribution is -0.674. The normalized spacial score (nSPS) is 19.8. The first kappa shape index (κ1) is 21.4. The monoisotopic (exact) mass is 534 g/mol. The van der Waals surface area contributed by atoms with Crippen LogP contribution >= 0.6 is 0 Å². The molecule has 3 heteroatoms. The standard InChI is InChI=1S/C38H34N3/c1-22-18-33-30(19-29(22)31-17-16-23(21-39(31)5)20-38(2,3)4)26-12-9-14-28-35(26)41(33)37-27-13-8-11-25-24-10-6-7-15-32(24)40(34(25)27)36(28)37/h6-19,21,30,33H,20H2,1-5H3/q+1/i20D2. The molecular weight excluding hydrogens is 498 g/mol. The summed E-state index contributed by atoms with van der Waals surface area (Å²) in [6, 6.07) is 26.7. The molecule has 0 N–H and O–H groups in total. The number of fused-ring (bicyclic) bond motifs is 11. The lowest BCUT2D eigenvalue weighted by Gasteiger charge is -2.25. The molecule has 3 aromatic carbocycles. The van der Waals surface area contributed by atoms with Crippen molar-refractivity contribution in [2.45, 2.75) is 46.0 Å². The van der Waals surface area contributed by atoms with Crippen LogP contribution in [0.1, 0.15) is 59.2 Å². The fourth-order valence-electron chi connectivity index (χ4n) is 7.92. The van der Waals surface area contributed by atoms with Crippen LogP contribution in [-0.2, 0) is 13.4 Å². The van der Waals surface area contributed by atoms with Gasteiger partial charge in [-0.2, -0.15) is 0 Å². The maximum Gasteiger partial charge on any atom is 0.212 e. The predicted octanol–water partition coefficient (Wildman–Crippen LogP) is 8.89. The fraction of sp³-hybridized carbons (Fsp3) is 0.237. The molecule has 1 aliphatic heterocycles. The second-order valence-corrected chi connectivity index (χ2v) is 13.1. The van der Waals surface area contributed by atoms with Crippen molar-refractivity contribution in [2.24, 2.45) is 12.5 Å². The summed E-state index contributed by atoms with van der Waals surface area (Å²) < 4.78 is 24.8. The minimum absolute atomic E-state index is 0.207. The zero-order valence-electron chi connectivity index (χ0n) is 26.2. The van der Waals surface area contributed by atoms with Crippen molar-refractivity contribution in [3.05, 3.63) is 114 Å². The molecule has 5 heterocycles. The van der Waals surface area contributed by atoms with Crippen LogP contribution in [0.3, 0.4) is 0 Å². The number of aryl methyl sites for hydroxylation is 1. The second-order valence-electron chi connectivity index (χ2n) is 13.1. The summed E-state index contributed by atoms with van der Waals surface area (Å²) in [5, 5.41) is 5.27. The van der Waals surface area contributed by atoms with Crippen molar-refractivity contribution in [1.82, 2.24) is 8.97 Å². The Labute approximate surface area is 242 Å². The molecule has 1 aliphatic carbocycles. The number of aromatic nitrogens is 3. The summed E-state index contributed by atoms with van der Waals surface area (Å²) in [4.78, 5) is 0. The number of hydrogen-bond donors (Lipinski definition) is 0. The predicted molar refractivity (Wildman–Crippen MR) is 171 cm³/mol. The summed E-state index contributed by atoms with van der Waals surface area (Å²) in [6.07, 6.45) is 5.48. The van der Waals surface area contributed by atoms with Crippen molar-refractivity contribution in [3.8, 4) is 0 Å². The van der Waals surface area contributed by atoms with E-state index < -0.39 is 11.8 Å². The average molecular weight is 535 g/mol. The number of allylic oxidation sites excluding steroid dienone is 4. The van der Waals surface area contributed by atoms with Crippen molar-refractivity contribution in [1.29, 1.82) is 0 Å². The molecule has 9 rings (SSSR count). The highest BCUT2D eigenvalue weighted by atomic mass is 15.1. The summed E-state index contributed by atoms with van der Waals surface area (Å²) in [5.74, 6) is 0.235. The first-order valence-corrected chi connectivity index (χ1v) is 14.7. The smallest absolute Gasteiger partial charge is 0.212 e. The van der Waals surface area contributed by atoms with E-state index in [0.29, 0.717) is 5.56 Å². The highest BCUT2D eigenvalue weighted by Gasteiger charge is 2.39. The van der Waals surface area contributed by atoms with Crippen LogP contribution in [0.15, 0.2) is 96.7 Å². The van der Waals surface area contributed by atoms with E-state index in [1.54, 1.807) is 0 Å². The van der Waals surface area contributed by atoms with Gasteiger partial charge in [-0.3, -0.25) is 0 Å². The molecule has 2 atom stereocenters. The second kappa shape index (κ2) is 7.67. The maximum absolute atomic E-state index is 8.79. The number of para-hydroxylation sites is 3. The van der Waals surface area contributed by atoms with Crippen LogP contribution in [0, 0.1) is 5.41 Å². The zero-order valence-corrected chi connectivity index (χ0v) is 24.2. The Hall–Kier alpha value is -4.37. The zero-order chi connectivity index (χ0) is 29.6. The van der Waals surface area contributed by atoms with E-state index in [4.69, 9.17) is 2.74 Å². The van der Waals surface area contributed by atoms with Crippen LogP contribution < -0.4 is 4.57 Å². The van der Waals surface area contributed by atoms with Crippen molar-refractivity contribution in [2.75, 3.05) is 0 Å². The molecule has 0 fully saturated rings. The van der Waals surface area contributed by atoms with E-state index in [1.807, 2.05) is 40.1 Å². The van der Waals surface area contributed by atoms with Gasteiger partial charge in [0.1, 0.15) is 7.05 Å². The number of benzene rings is 3. The molecule has 0 bridgehead atoms. The van der Waals surface area contributed by atoms with E-state index in [-0.39, 0.29) is 12.0 Å². The fourth-order valence-corrected chi connectivity index (χ4v) is 7.92. The molecule has 7 aromatic rings. The quantitative estimate of drug-likeness (QED) is 0.197. The van der Waals surface area contributed by atoms with Crippen LogP contribution in [-0.4, -0.2) is 8.97 Å². The molecule has 0 saturated heterocycles. The number of nitrogens with zero attached hydrogens (tertiary/aromatic N) is 3. The third-order valence-corrected chi connectivity index (χ3v) is 9.35. The average Bonchev–Trinajstić information content (AvgIpc) is 3.69. The molecule has 0 radical (unpaired) electrons. The van der Waals surface area contributed by atoms with E-state index in [9.17, 15) is 0 Å². The Bertz CT molecular complexity index is 2390. The van der Waals surface area contributed by atoms with Crippen LogP contribution in [0.4, 0.5) is 0 Å². The van der Waals surface area contributed by atoms with E-state index in [0.717, 1.165) is 5.69 Å². The molecule has 0 amide bonds. The topological polar surface area (TPSA) is 13.2 Å². The van der Waals surface area contributed by atoms with Gasteiger partial charge in [-0.05, 0) is 42.0 Å². The molecule has 3 nitrogen and oxygen atoms in total. The van der Waals surface area contributed by atoms with E-state index in [1.165, 1.54) is 65.8 Å². The highest BCUT2D eigenvalue weighted by molar-refractivity contribution is 6.27. The molecule has 41 heavy (non-hydrogen) atoms. The number of rotatable bonds is 2. The van der Waals surface area contributed by atoms with Crippen LogP contribution in [0.25, 0.3) is 54.7 Å². The summed E-state index contributed by atoms with van der Waals surface area (Å²) in [6.45, 7) is 8.12. The lowest BCUT2D eigenvalue weighted by Crippen LogP contribution is -2.34. The van der Waals surface area contributed by atoms with E-state index >= 15 is 0 Å². The van der Waals surface area contributed by atoms with Gasteiger partial charge in [0.15, 0.2) is 6.20 Å². The van der Waals surface area contributed by atoms with Gasteiger partial charge in [0.2, 0.25) is 5.69 Å². The van der Waals surface area contributed by atoms with Gasteiger partial charge in [-0.25, -0.2) is 4.57 Å². The van der Waals surface area contributed by atoms with Gasteiger partial charge in [0, 0.05) is 47.4 Å². The Morgan fingerprint density at radius 2 is 1.51 bits per heavy atom. The Morgan fingerprint density at radius 3 is 2.32 bits per heavy atom. The lowest BCUT2D eigenvalue weighted by atomic mass is 9.83. The Morgan fingerprint density at radius 1 is 0.780 bits per heavy atom. The van der Waals surface area contributed by atoms with Gasteiger partial charge in [0.05, 0.1) is 33.6 Å². The number of pyridine rings is 1. The van der Waals surface area contributed by atoms with Gasteiger partial charge in [0.25, 0.3) is 0 Å². The summed E-state index contributed by atoms with van der Waals surface area (Å²) in [5.41, 5.74) is 11.8. The molecule has 0 spiro atoms. The third kappa shape index (κ3) is 2.96. The first-order chi connectivity index (χ1) is 20.6. The van der Waals surface area contributed by atoms with Crippen molar-refractivity contribution >= 4 is 54.7 Å². The van der Waals surface area contributed by atoms with Gasteiger partial charge in [-0.1, -0.05) is 87.5 Å². The van der Waals surface area contributed by atoms with E-state index in [2.05, 4.69) is 99.3 Å². The summed E-state index contributed by atoms with van der Waals surface area (Å²) >= 11 is 0. The third-order valence-electron chi connectivity index (χ3n) is 9.35. The van der Waals surface area contributed by atoms with Gasteiger partial charge >= 0.3 is 0 Å². The SMILES string of the molecule is [2H]C([2H])(c1ccc(C2=CC3c4cccc5c4n(c4c6cccc7c8ccccc8n(c76)c54)C3C=C2C)[n+](C)c1)C(C)(C)C. The molecule has 200 valence electrons. The largest absolute Gasteiger partial charge is 0.330 e. The molecular formula is C38H34N3+. The minimum atomic E-state index is -1.43. The molecule has 4 aromatic heterocycles. The first-order valence-electron chi connectivity index (χ1n) is 15.7. The highest BCUT2D eigenvalue weighted by Crippen LogP contribution is 2.54. The van der Waals surface area contributed by atoms with Crippen LogP contribution in [0.2, 0.25) is 0 Å². The van der Waals surface area contributed by atoms with Gasteiger partial charge < -0.3 is 8.97 Å². The van der Waals surface area contributed by atoms with Crippen molar-refractivity contribution < 1.29 is 7.31 Å². The molecule has 0 saturated carbocycles. The van der Waals surface area contributed by atoms with Crippen LogP contribution in [0.5, 0.6) is 0 Å². The maximum atomic E-state index is 8.79. The van der Waals surface area contributed by atoms with Crippen molar-refractivity contribution in [3.63, 3.8) is 0 Å². The number of hydrogen-bond acceptors (Lipinski definition) is 0. The summed E-state index contributed by atoms with van der Waals surface area (Å²) in [7, 11) is 2.04. The minimum Gasteiger partial charge on any atom is -0.330 e. The molecule has 2 unspecified atom stereocenters. The Kier molecular flexibility index (Phi) is 4.00. The van der Waals surface area contributed by atoms with Gasteiger partial charge in [-0.15, -0.1) is 0 Å².